The summed E-state index contributed by atoms with van der Waals surface area (Å²) in [4.78, 5) is 24.1. The van der Waals surface area contributed by atoms with Gasteiger partial charge in [0, 0.05) is 11.8 Å². The molecule has 8 heteroatoms. The Bertz CT molecular complexity index is 1300. The molecule has 0 fully saturated rings. The fraction of sp³-hybridized carbons (Fsp3) is 0.115. The molecule has 3 aromatic carbocycles. The maximum atomic E-state index is 13.1. The molecule has 172 valence electrons. The van der Waals surface area contributed by atoms with Crippen molar-refractivity contribution in [2.24, 2.45) is 5.73 Å². The number of nitrogens with two attached hydrogens (primary N) is 1. The molecular formula is C26H23N3O5. The molecule has 8 nitrogen and oxygen atoms in total. The fourth-order valence-electron chi connectivity index (χ4n) is 3.38. The third-order valence-electron chi connectivity index (χ3n) is 4.97. The van der Waals surface area contributed by atoms with E-state index >= 15 is 0 Å². The highest BCUT2D eigenvalue weighted by Crippen LogP contribution is 2.32. The second-order valence-corrected chi connectivity index (χ2v) is 7.35. The van der Waals surface area contributed by atoms with E-state index in [0.717, 1.165) is 5.69 Å². The third kappa shape index (κ3) is 5.24. The number of amides is 1. The summed E-state index contributed by atoms with van der Waals surface area (Å²) in [6, 6.07) is 23.7. The summed E-state index contributed by atoms with van der Waals surface area (Å²) in [7, 11) is 1.57. The van der Waals surface area contributed by atoms with E-state index in [-0.39, 0.29) is 13.2 Å². The van der Waals surface area contributed by atoms with Gasteiger partial charge < -0.3 is 19.9 Å². The second-order valence-electron chi connectivity index (χ2n) is 7.35. The summed E-state index contributed by atoms with van der Waals surface area (Å²) < 4.78 is 18.0. The van der Waals surface area contributed by atoms with Crippen molar-refractivity contribution in [2.45, 2.75) is 6.61 Å². The molecule has 0 aliphatic rings. The van der Waals surface area contributed by atoms with E-state index in [1.807, 2.05) is 54.6 Å². The number of primary amides is 1. The first-order valence-electron chi connectivity index (χ1n) is 10.5. The maximum Gasteiger partial charge on any atom is 0.342 e. The standard InChI is InChI=1S/C26H23N3O5/c1-32-23-13-6-5-12-21(23)25-22(15-29(28-25)19-9-3-2-4-10-19)26(31)34-16-18-8-7-11-20(14-18)33-17-24(27)30/h2-15H,16-17H2,1H3,(H2,27,30). The number of methoxy groups -OCH3 is 1. The monoisotopic (exact) mass is 457 g/mol. The lowest BCUT2D eigenvalue weighted by atomic mass is 10.1. The molecule has 0 atom stereocenters. The molecule has 0 radical (unpaired) electrons. The first kappa shape index (κ1) is 22.6. The zero-order valence-electron chi connectivity index (χ0n) is 18.5. The van der Waals surface area contributed by atoms with E-state index in [0.29, 0.717) is 33.9 Å². The molecule has 34 heavy (non-hydrogen) atoms. The van der Waals surface area contributed by atoms with Gasteiger partial charge in [-0.05, 0) is 42.0 Å². The Labute approximate surface area is 196 Å². The molecule has 4 aromatic rings. The highest BCUT2D eigenvalue weighted by atomic mass is 16.5. The molecule has 0 aliphatic carbocycles. The van der Waals surface area contributed by atoms with Crippen LogP contribution in [-0.2, 0) is 16.1 Å². The molecule has 0 unspecified atom stereocenters. The van der Waals surface area contributed by atoms with Gasteiger partial charge in [0.05, 0.1) is 12.8 Å². The Morgan fingerprint density at radius 1 is 0.971 bits per heavy atom. The lowest BCUT2D eigenvalue weighted by molar-refractivity contribution is -0.119. The number of para-hydroxylation sites is 2. The molecule has 0 bridgehead atoms. The van der Waals surface area contributed by atoms with Crippen molar-refractivity contribution in [3.8, 4) is 28.4 Å². The fourth-order valence-corrected chi connectivity index (χ4v) is 3.38. The Morgan fingerprint density at radius 3 is 2.50 bits per heavy atom. The van der Waals surface area contributed by atoms with Crippen LogP contribution >= 0.6 is 0 Å². The van der Waals surface area contributed by atoms with Gasteiger partial charge in [0.15, 0.2) is 6.61 Å². The lowest BCUT2D eigenvalue weighted by Crippen LogP contribution is -2.20. The Morgan fingerprint density at radius 2 is 1.74 bits per heavy atom. The molecule has 0 spiro atoms. The van der Waals surface area contributed by atoms with E-state index in [1.54, 1.807) is 42.3 Å². The van der Waals surface area contributed by atoms with Crippen molar-refractivity contribution < 1.29 is 23.8 Å². The zero-order valence-corrected chi connectivity index (χ0v) is 18.5. The number of esters is 1. The average molecular weight is 457 g/mol. The van der Waals surface area contributed by atoms with Crippen LogP contribution in [0.5, 0.6) is 11.5 Å². The number of carbonyl (C=O) groups excluding carboxylic acids is 2. The van der Waals surface area contributed by atoms with Crippen LogP contribution in [-0.4, -0.2) is 35.4 Å². The van der Waals surface area contributed by atoms with Crippen LogP contribution in [0, 0.1) is 0 Å². The highest BCUT2D eigenvalue weighted by Gasteiger charge is 2.22. The van der Waals surface area contributed by atoms with Gasteiger partial charge in [0.2, 0.25) is 0 Å². The summed E-state index contributed by atoms with van der Waals surface area (Å²) in [5, 5.41) is 4.66. The van der Waals surface area contributed by atoms with E-state index in [2.05, 4.69) is 5.10 Å². The second kappa shape index (κ2) is 10.4. The Hall–Kier alpha value is -4.59. The van der Waals surface area contributed by atoms with Gasteiger partial charge in [-0.2, -0.15) is 5.10 Å². The molecule has 1 heterocycles. The molecule has 0 aliphatic heterocycles. The van der Waals surface area contributed by atoms with Gasteiger partial charge in [-0.15, -0.1) is 0 Å². The van der Waals surface area contributed by atoms with Crippen molar-refractivity contribution in [3.05, 3.63) is 96.2 Å². The Balaban J connectivity index is 1.61. The van der Waals surface area contributed by atoms with Crippen LogP contribution in [0.15, 0.2) is 85.1 Å². The van der Waals surface area contributed by atoms with Crippen LogP contribution in [0.4, 0.5) is 0 Å². The van der Waals surface area contributed by atoms with Crippen LogP contribution in [0.25, 0.3) is 16.9 Å². The normalized spacial score (nSPS) is 10.5. The van der Waals surface area contributed by atoms with E-state index in [4.69, 9.17) is 19.9 Å². The van der Waals surface area contributed by atoms with Gasteiger partial charge in [-0.3, -0.25) is 4.79 Å². The minimum absolute atomic E-state index is 0.00842. The number of benzene rings is 3. The van der Waals surface area contributed by atoms with Crippen molar-refractivity contribution in [2.75, 3.05) is 13.7 Å². The van der Waals surface area contributed by atoms with E-state index < -0.39 is 11.9 Å². The summed E-state index contributed by atoms with van der Waals surface area (Å²) >= 11 is 0. The average Bonchev–Trinajstić information content (AvgIpc) is 3.32. The van der Waals surface area contributed by atoms with E-state index in [9.17, 15) is 9.59 Å². The van der Waals surface area contributed by atoms with Gasteiger partial charge in [0.25, 0.3) is 5.91 Å². The molecular weight excluding hydrogens is 434 g/mol. The van der Waals surface area contributed by atoms with Crippen molar-refractivity contribution in [1.82, 2.24) is 9.78 Å². The van der Waals surface area contributed by atoms with Crippen molar-refractivity contribution in [3.63, 3.8) is 0 Å². The minimum Gasteiger partial charge on any atom is -0.496 e. The largest absolute Gasteiger partial charge is 0.496 e. The van der Waals surface area contributed by atoms with Crippen LogP contribution < -0.4 is 15.2 Å². The summed E-state index contributed by atoms with van der Waals surface area (Å²) in [6.45, 7) is -0.224. The number of hydrogen-bond donors (Lipinski definition) is 1. The van der Waals surface area contributed by atoms with E-state index in [1.165, 1.54) is 0 Å². The molecule has 4 rings (SSSR count). The number of ether oxygens (including phenoxy) is 3. The summed E-state index contributed by atoms with van der Waals surface area (Å²) in [5.41, 5.74) is 8.04. The van der Waals surface area contributed by atoms with Crippen LogP contribution in [0.3, 0.4) is 0 Å². The Kier molecular flexibility index (Phi) is 6.88. The number of nitrogens with zero attached hydrogens (tertiary/aromatic N) is 2. The molecule has 1 amide bonds. The summed E-state index contributed by atoms with van der Waals surface area (Å²) in [5.74, 6) is -0.0595. The number of aromatic nitrogens is 2. The minimum atomic E-state index is -0.573. The van der Waals surface area contributed by atoms with Crippen molar-refractivity contribution in [1.29, 1.82) is 0 Å². The van der Waals surface area contributed by atoms with Gasteiger partial charge in [-0.1, -0.05) is 42.5 Å². The molecule has 2 N–H and O–H groups in total. The highest BCUT2D eigenvalue weighted by molar-refractivity contribution is 5.97. The predicted molar refractivity (Wildman–Crippen MR) is 126 cm³/mol. The number of carbonyl (C=O) groups is 2. The number of rotatable bonds is 9. The van der Waals surface area contributed by atoms with Crippen molar-refractivity contribution >= 4 is 11.9 Å². The third-order valence-corrected chi connectivity index (χ3v) is 4.97. The van der Waals surface area contributed by atoms with Crippen LogP contribution in [0.1, 0.15) is 15.9 Å². The molecule has 0 saturated carbocycles. The van der Waals surface area contributed by atoms with Crippen LogP contribution in [0.2, 0.25) is 0 Å². The quantitative estimate of drug-likeness (QED) is 0.384. The molecule has 0 saturated heterocycles. The predicted octanol–water partition coefficient (Wildman–Crippen LogP) is 3.77. The lowest BCUT2D eigenvalue weighted by Gasteiger charge is -2.09. The topological polar surface area (TPSA) is 106 Å². The van der Waals surface area contributed by atoms with Gasteiger partial charge in [0.1, 0.15) is 29.4 Å². The maximum absolute atomic E-state index is 13.1. The first-order valence-corrected chi connectivity index (χ1v) is 10.5. The van der Waals surface area contributed by atoms with Gasteiger partial charge in [-0.25, -0.2) is 9.48 Å². The SMILES string of the molecule is COc1ccccc1-c1nn(-c2ccccc2)cc1C(=O)OCc1cccc(OCC(N)=O)c1. The molecule has 1 aromatic heterocycles. The zero-order chi connectivity index (χ0) is 23.9. The number of hydrogen-bond acceptors (Lipinski definition) is 6. The smallest absolute Gasteiger partial charge is 0.342 e. The van der Waals surface area contributed by atoms with Gasteiger partial charge >= 0.3 is 5.97 Å². The summed E-state index contributed by atoms with van der Waals surface area (Å²) in [6.07, 6.45) is 1.64. The first-order chi connectivity index (χ1) is 16.5.